The van der Waals surface area contributed by atoms with Crippen molar-refractivity contribution in [2.45, 2.75) is 49.8 Å². The van der Waals surface area contributed by atoms with E-state index in [1.165, 1.54) is 0 Å². The first-order valence-electron chi connectivity index (χ1n) is 8.41. The summed E-state index contributed by atoms with van der Waals surface area (Å²) in [6, 6.07) is 9.20. The molecule has 0 N–H and O–H groups in total. The van der Waals surface area contributed by atoms with Gasteiger partial charge in [-0.1, -0.05) is 18.2 Å². The molecule has 0 amide bonds. The highest BCUT2D eigenvalue weighted by Gasteiger charge is 2.34. The average Bonchev–Trinajstić information content (AvgIpc) is 2.55. The van der Waals surface area contributed by atoms with E-state index in [9.17, 15) is 8.42 Å². The molecule has 5 nitrogen and oxygen atoms in total. The van der Waals surface area contributed by atoms with Crippen molar-refractivity contribution in [1.82, 2.24) is 9.21 Å². The summed E-state index contributed by atoms with van der Waals surface area (Å²) in [5.74, 6) is 0. The van der Waals surface area contributed by atoms with Crippen molar-refractivity contribution in [3.8, 4) is 0 Å². The summed E-state index contributed by atoms with van der Waals surface area (Å²) in [5, 5.41) is 0. The third-order valence-electron chi connectivity index (χ3n) is 4.77. The molecule has 3 rings (SSSR count). The van der Waals surface area contributed by atoms with Gasteiger partial charge in [0.25, 0.3) is 0 Å². The zero-order valence-electron chi connectivity index (χ0n) is 13.9. The molecule has 0 spiro atoms. The second-order valence-corrected chi connectivity index (χ2v) is 8.60. The topological polar surface area (TPSA) is 49.9 Å². The largest absolute Gasteiger partial charge is 0.373 e. The monoisotopic (exact) mass is 338 g/mol. The minimum absolute atomic E-state index is 0.254. The van der Waals surface area contributed by atoms with E-state index in [-0.39, 0.29) is 12.2 Å². The smallest absolute Gasteiger partial charge is 0.243 e. The number of nitrogens with zero attached hydrogens (tertiary/aromatic N) is 2. The molecule has 1 aromatic rings. The fourth-order valence-electron chi connectivity index (χ4n) is 3.71. The van der Waals surface area contributed by atoms with Gasteiger partial charge >= 0.3 is 0 Å². The minimum Gasteiger partial charge on any atom is -0.373 e. The maximum absolute atomic E-state index is 12.7. The molecule has 0 unspecified atom stereocenters. The number of piperidine rings is 1. The van der Waals surface area contributed by atoms with Crippen molar-refractivity contribution in [1.29, 1.82) is 0 Å². The van der Waals surface area contributed by atoms with E-state index in [1.807, 2.05) is 6.07 Å². The van der Waals surface area contributed by atoms with E-state index in [2.05, 4.69) is 18.7 Å². The standard InChI is InChI=1S/C17H26N2O3S/c1-14-12-18(13-15(2)22-14)16-8-10-19(11-9-16)23(20,21)17-6-4-3-5-7-17/h3-7,14-16H,8-13H2,1-2H3/t14-,15-/m1/s1. The van der Waals surface area contributed by atoms with Crippen molar-refractivity contribution in [2.24, 2.45) is 0 Å². The Hall–Kier alpha value is -0.950. The molecule has 128 valence electrons. The van der Waals surface area contributed by atoms with Crippen LogP contribution in [0.5, 0.6) is 0 Å². The van der Waals surface area contributed by atoms with Gasteiger partial charge in [0.2, 0.25) is 10.0 Å². The zero-order chi connectivity index (χ0) is 16.4. The molecule has 0 bridgehead atoms. The summed E-state index contributed by atoms with van der Waals surface area (Å²) >= 11 is 0. The Morgan fingerprint density at radius 2 is 1.57 bits per heavy atom. The van der Waals surface area contributed by atoms with E-state index >= 15 is 0 Å². The van der Waals surface area contributed by atoms with E-state index in [1.54, 1.807) is 28.6 Å². The molecular formula is C17H26N2O3S. The van der Waals surface area contributed by atoms with Crippen LogP contribution in [0, 0.1) is 0 Å². The maximum atomic E-state index is 12.7. The van der Waals surface area contributed by atoms with Gasteiger partial charge in [-0.2, -0.15) is 4.31 Å². The average molecular weight is 338 g/mol. The number of benzene rings is 1. The second-order valence-electron chi connectivity index (χ2n) is 6.66. The van der Waals surface area contributed by atoms with Gasteiger partial charge in [-0.15, -0.1) is 0 Å². The highest BCUT2D eigenvalue weighted by atomic mass is 32.2. The lowest BCUT2D eigenvalue weighted by Gasteiger charge is -2.43. The van der Waals surface area contributed by atoms with Crippen LogP contribution in [-0.4, -0.2) is 62.1 Å². The fraction of sp³-hybridized carbons (Fsp3) is 0.647. The first kappa shape index (κ1) is 16.9. The number of morpholine rings is 1. The van der Waals surface area contributed by atoms with E-state index in [0.29, 0.717) is 24.0 Å². The van der Waals surface area contributed by atoms with Crippen LogP contribution in [0.1, 0.15) is 26.7 Å². The van der Waals surface area contributed by atoms with Gasteiger partial charge in [0.1, 0.15) is 0 Å². The van der Waals surface area contributed by atoms with Crippen molar-refractivity contribution >= 4 is 10.0 Å². The van der Waals surface area contributed by atoms with Gasteiger partial charge in [0.05, 0.1) is 17.1 Å². The van der Waals surface area contributed by atoms with Gasteiger partial charge in [-0.25, -0.2) is 8.42 Å². The van der Waals surface area contributed by atoms with Crippen LogP contribution in [0.15, 0.2) is 35.2 Å². The van der Waals surface area contributed by atoms with Crippen LogP contribution in [-0.2, 0) is 14.8 Å². The lowest BCUT2D eigenvalue weighted by molar-refractivity contribution is -0.0847. The summed E-state index contributed by atoms with van der Waals surface area (Å²) < 4.78 is 32.8. The molecule has 23 heavy (non-hydrogen) atoms. The highest BCUT2D eigenvalue weighted by molar-refractivity contribution is 7.89. The molecule has 6 heteroatoms. The van der Waals surface area contributed by atoms with Crippen LogP contribution in [0.3, 0.4) is 0 Å². The van der Waals surface area contributed by atoms with E-state index < -0.39 is 10.0 Å². The van der Waals surface area contributed by atoms with Gasteiger partial charge in [-0.3, -0.25) is 4.90 Å². The second kappa shape index (κ2) is 6.89. The van der Waals surface area contributed by atoms with Crippen molar-refractivity contribution in [3.05, 3.63) is 30.3 Å². The molecule has 2 atom stereocenters. The Labute approximate surface area is 139 Å². The third-order valence-corrected chi connectivity index (χ3v) is 6.68. The highest BCUT2D eigenvalue weighted by Crippen LogP contribution is 2.25. The summed E-state index contributed by atoms with van der Waals surface area (Å²) in [6.45, 7) is 7.31. The lowest BCUT2D eigenvalue weighted by atomic mass is 10.0. The predicted molar refractivity (Wildman–Crippen MR) is 89.8 cm³/mol. The molecule has 1 aromatic carbocycles. The lowest BCUT2D eigenvalue weighted by Crippen LogP contribution is -2.53. The molecule has 2 saturated heterocycles. The molecular weight excluding hydrogens is 312 g/mol. The molecule has 2 heterocycles. The minimum atomic E-state index is -3.35. The number of rotatable bonds is 3. The molecule has 2 aliphatic heterocycles. The molecule has 2 fully saturated rings. The van der Waals surface area contributed by atoms with Gasteiger partial charge in [0.15, 0.2) is 0 Å². The Balaban J connectivity index is 1.62. The number of hydrogen-bond acceptors (Lipinski definition) is 4. The molecule has 0 aromatic heterocycles. The first-order valence-corrected chi connectivity index (χ1v) is 9.85. The van der Waals surface area contributed by atoms with E-state index in [4.69, 9.17) is 4.74 Å². The summed E-state index contributed by atoms with van der Waals surface area (Å²) in [7, 11) is -3.35. The van der Waals surface area contributed by atoms with Crippen molar-refractivity contribution in [3.63, 3.8) is 0 Å². The van der Waals surface area contributed by atoms with Crippen LogP contribution >= 0.6 is 0 Å². The zero-order valence-corrected chi connectivity index (χ0v) is 14.7. The van der Waals surface area contributed by atoms with Crippen LogP contribution in [0.4, 0.5) is 0 Å². The summed E-state index contributed by atoms with van der Waals surface area (Å²) in [5.41, 5.74) is 0. The third kappa shape index (κ3) is 3.76. The molecule has 0 radical (unpaired) electrons. The fourth-order valence-corrected chi connectivity index (χ4v) is 5.20. The van der Waals surface area contributed by atoms with Crippen LogP contribution < -0.4 is 0 Å². The SMILES string of the molecule is C[C@@H]1CN(C2CCN(S(=O)(=O)c3ccccc3)CC2)C[C@@H](C)O1. The summed E-state index contributed by atoms with van der Waals surface area (Å²) in [6.07, 6.45) is 2.30. The van der Waals surface area contributed by atoms with E-state index in [0.717, 1.165) is 25.9 Å². The Bertz CT molecular complexity index is 602. The van der Waals surface area contributed by atoms with Crippen molar-refractivity contribution < 1.29 is 13.2 Å². The quantitative estimate of drug-likeness (QED) is 0.845. The number of sulfonamides is 1. The molecule has 2 aliphatic rings. The Morgan fingerprint density at radius 1 is 1.00 bits per heavy atom. The Morgan fingerprint density at radius 3 is 2.13 bits per heavy atom. The normalized spacial score (nSPS) is 28.8. The number of hydrogen-bond donors (Lipinski definition) is 0. The molecule has 0 aliphatic carbocycles. The molecule has 0 saturated carbocycles. The van der Waals surface area contributed by atoms with Crippen LogP contribution in [0.25, 0.3) is 0 Å². The Kier molecular flexibility index (Phi) is 5.06. The van der Waals surface area contributed by atoms with Gasteiger partial charge in [-0.05, 0) is 38.8 Å². The van der Waals surface area contributed by atoms with Crippen molar-refractivity contribution in [2.75, 3.05) is 26.2 Å². The maximum Gasteiger partial charge on any atom is 0.243 e. The van der Waals surface area contributed by atoms with Crippen LogP contribution in [0.2, 0.25) is 0 Å². The van der Waals surface area contributed by atoms with Gasteiger partial charge < -0.3 is 4.74 Å². The summed E-state index contributed by atoms with van der Waals surface area (Å²) in [4.78, 5) is 2.87. The number of ether oxygens (including phenoxy) is 1. The first-order chi connectivity index (χ1) is 11.0. The predicted octanol–water partition coefficient (Wildman–Crippen LogP) is 1.95. The van der Waals surface area contributed by atoms with Gasteiger partial charge in [0, 0.05) is 32.2 Å².